The third-order valence-corrected chi connectivity index (χ3v) is 6.22. The summed E-state index contributed by atoms with van der Waals surface area (Å²) in [5.74, 6) is 1.89. The van der Waals surface area contributed by atoms with Crippen molar-refractivity contribution in [1.29, 1.82) is 0 Å². The normalized spacial score (nSPS) is 26.1. The van der Waals surface area contributed by atoms with Crippen LogP contribution in [0, 0.1) is 0 Å². The lowest BCUT2D eigenvalue weighted by Crippen LogP contribution is -2.42. The van der Waals surface area contributed by atoms with Crippen molar-refractivity contribution < 1.29 is 9.47 Å². The summed E-state index contributed by atoms with van der Waals surface area (Å²) in [5.41, 5.74) is 2.44. The maximum Gasteiger partial charge on any atom is 0.123 e. The second-order valence-corrected chi connectivity index (χ2v) is 8.68. The van der Waals surface area contributed by atoms with Crippen molar-refractivity contribution in [3.05, 3.63) is 59.7 Å². The van der Waals surface area contributed by atoms with Crippen molar-refractivity contribution in [3.63, 3.8) is 0 Å². The molecule has 176 valence electrons. The predicted molar refractivity (Wildman–Crippen MR) is 132 cm³/mol. The number of para-hydroxylation sites is 2. The molecule has 0 aliphatic carbocycles. The average molecular weight is 441 g/mol. The van der Waals surface area contributed by atoms with Crippen LogP contribution in [0.2, 0.25) is 0 Å². The summed E-state index contributed by atoms with van der Waals surface area (Å²) in [7, 11) is 3.49. The van der Waals surface area contributed by atoms with Crippen LogP contribution in [-0.2, 0) is 0 Å². The third kappa shape index (κ3) is 6.94. The fourth-order valence-electron chi connectivity index (χ4n) is 4.55. The van der Waals surface area contributed by atoms with Gasteiger partial charge in [0.05, 0.1) is 14.2 Å². The molecule has 32 heavy (non-hydrogen) atoms. The van der Waals surface area contributed by atoms with Crippen LogP contribution >= 0.6 is 0 Å². The maximum absolute atomic E-state index is 5.64. The van der Waals surface area contributed by atoms with Gasteiger partial charge < -0.3 is 30.7 Å². The van der Waals surface area contributed by atoms with Crippen molar-refractivity contribution in [2.24, 2.45) is 0 Å². The Kier molecular flexibility index (Phi) is 9.81. The van der Waals surface area contributed by atoms with E-state index < -0.39 is 0 Å². The second-order valence-electron chi connectivity index (χ2n) is 8.68. The van der Waals surface area contributed by atoms with E-state index >= 15 is 0 Å². The molecule has 0 aromatic heterocycles. The standard InChI is InChI=1S/C26H40N4O2/c1-19-17-23(21-9-5-7-11-25(21)31-3)29-16-14-28-20(2)18-24(30-15-13-27-19)22-10-6-8-12-26(22)32-4/h5-12,19-20,23-24,27-30H,13-18H2,1-4H3. The van der Waals surface area contributed by atoms with E-state index in [2.05, 4.69) is 59.4 Å². The fourth-order valence-corrected chi connectivity index (χ4v) is 4.55. The maximum atomic E-state index is 5.64. The van der Waals surface area contributed by atoms with E-state index in [0.717, 1.165) is 50.5 Å². The first-order valence-electron chi connectivity index (χ1n) is 11.8. The first-order chi connectivity index (χ1) is 15.6. The van der Waals surface area contributed by atoms with Crippen LogP contribution in [0.3, 0.4) is 0 Å². The van der Waals surface area contributed by atoms with Crippen LogP contribution in [0.1, 0.15) is 49.9 Å². The minimum absolute atomic E-state index is 0.239. The summed E-state index contributed by atoms with van der Waals surface area (Å²) in [6.45, 7) is 8.13. The Morgan fingerprint density at radius 2 is 0.969 bits per heavy atom. The molecule has 2 aromatic carbocycles. The van der Waals surface area contributed by atoms with E-state index in [9.17, 15) is 0 Å². The molecule has 4 atom stereocenters. The minimum Gasteiger partial charge on any atom is -0.496 e. The summed E-state index contributed by atoms with van der Waals surface area (Å²) in [5, 5.41) is 14.9. The van der Waals surface area contributed by atoms with E-state index in [1.165, 1.54) is 11.1 Å². The number of benzene rings is 2. The second kappa shape index (κ2) is 12.8. The number of ether oxygens (including phenoxy) is 2. The van der Waals surface area contributed by atoms with Gasteiger partial charge in [-0.15, -0.1) is 0 Å². The predicted octanol–water partition coefficient (Wildman–Crippen LogP) is 3.42. The van der Waals surface area contributed by atoms with Crippen molar-refractivity contribution in [2.75, 3.05) is 40.4 Å². The van der Waals surface area contributed by atoms with Crippen LogP contribution < -0.4 is 30.7 Å². The van der Waals surface area contributed by atoms with E-state index in [1.807, 2.05) is 24.3 Å². The van der Waals surface area contributed by atoms with E-state index in [-0.39, 0.29) is 12.1 Å². The Morgan fingerprint density at radius 1 is 0.594 bits per heavy atom. The van der Waals surface area contributed by atoms with Crippen LogP contribution in [0.25, 0.3) is 0 Å². The number of hydrogen-bond donors (Lipinski definition) is 4. The van der Waals surface area contributed by atoms with Gasteiger partial charge in [0, 0.05) is 61.5 Å². The summed E-state index contributed by atoms with van der Waals surface area (Å²) in [6, 6.07) is 17.9. The molecule has 1 saturated heterocycles. The molecule has 1 aliphatic rings. The van der Waals surface area contributed by atoms with Gasteiger partial charge in [0.2, 0.25) is 0 Å². The number of methoxy groups -OCH3 is 2. The quantitative estimate of drug-likeness (QED) is 0.584. The van der Waals surface area contributed by atoms with Gasteiger partial charge in [0.25, 0.3) is 0 Å². The van der Waals surface area contributed by atoms with Gasteiger partial charge in [-0.05, 0) is 38.8 Å². The van der Waals surface area contributed by atoms with Gasteiger partial charge >= 0.3 is 0 Å². The lowest BCUT2D eigenvalue weighted by molar-refractivity contribution is 0.352. The van der Waals surface area contributed by atoms with E-state index in [1.54, 1.807) is 14.2 Å². The zero-order valence-corrected chi connectivity index (χ0v) is 20.0. The SMILES string of the molecule is COc1ccccc1C1CC(C)NCCNC(c2ccccc2OC)CC(C)NCCN1. The fraction of sp³-hybridized carbons (Fsp3) is 0.538. The molecule has 0 bridgehead atoms. The van der Waals surface area contributed by atoms with Crippen LogP contribution in [0.15, 0.2) is 48.5 Å². The lowest BCUT2D eigenvalue weighted by Gasteiger charge is -2.28. The van der Waals surface area contributed by atoms with E-state index in [4.69, 9.17) is 9.47 Å². The summed E-state index contributed by atoms with van der Waals surface area (Å²) >= 11 is 0. The van der Waals surface area contributed by atoms with Gasteiger partial charge in [-0.2, -0.15) is 0 Å². The molecular weight excluding hydrogens is 400 g/mol. The summed E-state index contributed by atoms with van der Waals surface area (Å²) in [6.07, 6.45) is 1.98. The smallest absolute Gasteiger partial charge is 0.123 e. The van der Waals surface area contributed by atoms with Gasteiger partial charge in [-0.3, -0.25) is 0 Å². The zero-order valence-electron chi connectivity index (χ0n) is 20.0. The van der Waals surface area contributed by atoms with Crippen molar-refractivity contribution in [3.8, 4) is 11.5 Å². The third-order valence-electron chi connectivity index (χ3n) is 6.22. The molecule has 0 spiro atoms. The Morgan fingerprint density at radius 3 is 1.38 bits per heavy atom. The molecule has 6 nitrogen and oxygen atoms in total. The molecule has 3 rings (SSSR count). The van der Waals surface area contributed by atoms with Crippen molar-refractivity contribution in [1.82, 2.24) is 21.3 Å². The molecule has 1 fully saturated rings. The van der Waals surface area contributed by atoms with Gasteiger partial charge in [-0.25, -0.2) is 0 Å². The summed E-state index contributed by atoms with van der Waals surface area (Å²) < 4.78 is 11.3. The molecule has 2 aromatic rings. The highest BCUT2D eigenvalue weighted by Gasteiger charge is 2.21. The van der Waals surface area contributed by atoms with Gasteiger partial charge in [-0.1, -0.05) is 36.4 Å². The van der Waals surface area contributed by atoms with Crippen molar-refractivity contribution >= 4 is 0 Å². The minimum atomic E-state index is 0.239. The number of hydrogen-bond acceptors (Lipinski definition) is 6. The summed E-state index contributed by atoms with van der Waals surface area (Å²) in [4.78, 5) is 0. The first-order valence-corrected chi connectivity index (χ1v) is 11.8. The van der Waals surface area contributed by atoms with E-state index in [0.29, 0.717) is 12.1 Å². The first kappa shape index (κ1) is 24.5. The monoisotopic (exact) mass is 440 g/mol. The largest absolute Gasteiger partial charge is 0.496 e. The number of rotatable bonds is 4. The molecule has 4 unspecified atom stereocenters. The van der Waals surface area contributed by atoms with Gasteiger partial charge in [0.1, 0.15) is 11.5 Å². The molecule has 0 radical (unpaired) electrons. The molecule has 0 amide bonds. The van der Waals surface area contributed by atoms with Crippen LogP contribution in [0.5, 0.6) is 11.5 Å². The molecule has 6 heteroatoms. The Hall–Kier alpha value is -2.12. The Balaban J connectivity index is 1.70. The Bertz CT molecular complexity index is 748. The number of nitrogens with one attached hydrogen (secondary N) is 4. The molecular formula is C26H40N4O2. The van der Waals surface area contributed by atoms with Crippen LogP contribution in [-0.4, -0.2) is 52.5 Å². The molecule has 1 aliphatic heterocycles. The zero-order chi connectivity index (χ0) is 22.8. The molecule has 4 N–H and O–H groups in total. The van der Waals surface area contributed by atoms with Crippen LogP contribution in [0.4, 0.5) is 0 Å². The highest BCUT2D eigenvalue weighted by molar-refractivity contribution is 5.37. The average Bonchev–Trinajstić information content (AvgIpc) is 2.82. The van der Waals surface area contributed by atoms with Crippen molar-refractivity contribution in [2.45, 2.75) is 50.9 Å². The lowest BCUT2D eigenvalue weighted by atomic mass is 9.98. The highest BCUT2D eigenvalue weighted by atomic mass is 16.5. The highest BCUT2D eigenvalue weighted by Crippen LogP contribution is 2.29. The molecule has 1 heterocycles. The van der Waals surface area contributed by atoms with Gasteiger partial charge in [0.15, 0.2) is 0 Å². The molecule has 0 saturated carbocycles. The topological polar surface area (TPSA) is 66.6 Å². The Labute approximate surface area is 193 Å².